The molecule has 0 fully saturated rings. The number of aliphatic hydroxyl groups excluding tert-OH is 1. The molecule has 0 aromatic carbocycles. The van der Waals surface area contributed by atoms with Gasteiger partial charge in [-0.15, -0.1) is 0 Å². The molecule has 0 spiro atoms. The van der Waals surface area contributed by atoms with Crippen LogP contribution < -0.4 is 5.32 Å². The van der Waals surface area contributed by atoms with Crippen LogP contribution in [0.2, 0.25) is 0 Å². The minimum absolute atomic E-state index is 0.109. The average Bonchev–Trinajstić information content (AvgIpc) is 2.49. The fourth-order valence-corrected chi connectivity index (χ4v) is 3.25. The summed E-state index contributed by atoms with van der Waals surface area (Å²) < 4.78 is 26.3. The van der Waals surface area contributed by atoms with E-state index in [0.29, 0.717) is 12.4 Å². The molecular formula is C14H25N3O3S. The van der Waals surface area contributed by atoms with Crippen LogP contribution in [0.1, 0.15) is 33.1 Å². The van der Waals surface area contributed by atoms with Gasteiger partial charge >= 0.3 is 0 Å². The van der Waals surface area contributed by atoms with Crippen LogP contribution in [0, 0.1) is 0 Å². The largest absolute Gasteiger partial charge is 0.395 e. The zero-order valence-corrected chi connectivity index (χ0v) is 13.6. The molecule has 21 heavy (non-hydrogen) atoms. The van der Waals surface area contributed by atoms with Gasteiger partial charge in [0.1, 0.15) is 10.7 Å². The monoisotopic (exact) mass is 315 g/mol. The summed E-state index contributed by atoms with van der Waals surface area (Å²) in [4.78, 5) is 4.29. The summed E-state index contributed by atoms with van der Waals surface area (Å²) in [5, 5.41) is 12.2. The van der Waals surface area contributed by atoms with Gasteiger partial charge in [-0.25, -0.2) is 13.4 Å². The lowest BCUT2D eigenvalue weighted by atomic mass is 10.3. The van der Waals surface area contributed by atoms with E-state index in [-0.39, 0.29) is 18.0 Å². The maximum Gasteiger partial charge on any atom is 0.244 e. The van der Waals surface area contributed by atoms with Gasteiger partial charge < -0.3 is 10.4 Å². The molecular weight excluding hydrogens is 290 g/mol. The molecule has 0 unspecified atom stereocenters. The molecule has 120 valence electrons. The molecule has 0 atom stereocenters. The fourth-order valence-electron chi connectivity index (χ4n) is 1.84. The Morgan fingerprint density at radius 3 is 2.52 bits per heavy atom. The Hall–Kier alpha value is -1.18. The summed E-state index contributed by atoms with van der Waals surface area (Å²) in [6.45, 7) is 5.18. The molecule has 0 amide bonds. The number of aliphatic hydroxyl groups is 1. The minimum Gasteiger partial charge on any atom is -0.395 e. The van der Waals surface area contributed by atoms with Crippen LogP contribution in [-0.2, 0) is 10.0 Å². The predicted octanol–water partition coefficient (Wildman–Crippen LogP) is 1.69. The second-order valence-corrected chi connectivity index (χ2v) is 6.73. The second-order valence-electron chi connectivity index (χ2n) is 4.79. The van der Waals surface area contributed by atoms with E-state index >= 15 is 0 Å². The van der Waals surface area contributed by atoms with E-state index in [1.54, 1.807) is 12.1 Å². The molecule has 1 aromatic rings. The van der Waals surface area contributed by atoms with Gasteiger partial charge in [0.05, 0.1) is 6.61 Å². The molecule has 0 aliphatic rings. The first-order valence-electron chi connectivity index (χ1n) is 7.37. The van der Waals surface area contributed by atoms with Crippen LogP contribution in [-0.4, -0.2) is 49.1 Å². The summed E-state index contributed by atoms with van der Waals surface area (Å²) >= 11 is 0. The Kier molecular flexibility index (Phi) is 7.63. The minimum atomic E-state index is -3.59. The highest BCUT2D eigenvalue weighted by molar-refractivity contribution is 7.89. The maximum atomic E-state index is 12.5. The van der Waals surface area contributed by atoms with Gasteiger partial charge in [0.15, 0.2) is 0 Å². The van der Waals surface area contributed by atoms with Crippen molar-refractivity contribution < 1.29 is 13.5 Å². The lowest BCUT2D eigenvalue weighted by Crippen LogP contribution is -2.34. The van der Waals surface area contributed by atoms with Crippen LogP contribution in [0.3, 0.4) is 0 Å². The van der Waals surface area contributed by atoms with E-state index in [0.717, 1.165) is 25.8 Å². The van der Waals surface area contributed by atoms with Crippen molar-refractivity contribution in [2.45, 2.75) is 38.0 Å². The van der Waals surface area contributed by atoms with Crippen LogP contribution in [0.5, 0.6) is 0 Å². The van der Waals surface area contributed by atoms with Crippen LogP contribution in [0.15, 0.2) is 23.2 Å². The van der Waals surface area contributed by atoms with Gasteiger partial charge in [-0.05, 0) is 25.0 Å². The fraction of sp³-hybridized carbons (Fsp3) is 0.643. The highest BCUT2D eigenvalue weighted by Gasteiger charge is 2.23. The van der Waals surface area contributed by atoms with Crippen LogP contribution in [0.4, 0.5) is 5.82 Å². The standard InChI is InChI=1S/C14H25N3O3S/c1-3-5-9-17(10-11-18)21(19,20)13-6-7-14(16-12-13)15-8-4-2/h6-7,12,18H,3-5,8-11H2,1-2H3,(H,15,16). The van der Waals surface area contributed by atoms with E-state index in [2.05, 4.69) is 10.3 Å². The highest BCUT2D eigenvalue weighted by atomic mass is 32.2. The third kappa shape index (κ3) is 5.26. The van der Waals surface area contributed by atoms with E-state index in [1.807, 2.05) is 13.8 Å². The van der Waals surface area contributed by atoms with Crippen molar-refractivity contribution in [3.63, 3.8) is 0 Å². The first-order valence-corrected chi connectivity index (χ1v) is 8.81. The van der Waals surface area contributed by atoms with E-state index in [4.69, 9.17) is 5.11 Å². The van der Waals surface area contributed by atoms with Gasteiger partial charge in [-0.3, -0.25) is 0 Å². The second kappa shape index (κ2) is 8.96. The third-order valence-corrected chi connectivity index (χ3v) is 4.92. The van der Waals surface area contributed by atoms with Crippen molar-refractivity contribution in [3.8, 4) is 0 Å². The molecule has 1 aromatic heterocycles. The normalized spacial score (nSPS) is 11.8. The molecule has 0 bridgehead atoms. The summed E-state index contributed by atoms with van der Waals surface area (Å²) in [6, 6.07) is 3.22. The molecule has 0 aliphatic carbocycles. The number of nitrogens with one attached hydrogen (secondary N) is 1. The Morgan fingerprint density at radius 1 is 1.24 bits per heavy atom. The SMILES string of the molecule is CCCCN(CCO)S(=O)(=O)c1ccc(NCCC)nc1. The van der Waals surface area contributed by atoms with Crippen molar-refractivity contribution >= 4 is 15.8 Å². The average molecular weight is 315 g/mol. The summed E-state index contributed by atoms with van der Waals surface area (Å²) in [5.74, 6) is 0.665. The lowest BCUT2D eigenvalue weighted by Gasteiger charge is -2.21. The van der Waals surface area contributed by atoms with Gasteiger partial charge in [-0.1, -0.05) is 20.3 Å². The number of hydrogen-bond acceptors (Lipinski definition) is 5. The molecule has 1 rings (SSSR count). The number of unbranched alkanes of at least 4 members (excludes halogenated alkanes) is 1. The van der Waals surface area contributed by atoms with Gasteiger partial charge in [0, 0.05) is 25.8 Å². The third-order valence-electron chi connectivity index (χ3n) is 3.04. The van der Waals surface area contributed by atoms with Crippen molar-refractivity contribution in [1.82, 2.24) is 9.29 Å². The number of pyridine rings is 1. The van der Waals surface area contributed by atoms with Crippen LogP contribution >= 0.6 is 0 Å². The quantitative estimate of drug-likeness (QED) is 0.686. The van der Waals surface area contributed by atoms with Crippen molar-refractivity contribution in [1.29, 1.82) is 0 Å². The lowest BCUT2D eigenvalue weighted by molar-refractivity contribution is 0.252. The first-order chi connectivity index (χ1) is 10.1. The molecule has 0 saturated carbocycles. The van der Waals surface area contributed by atoms with E-state index in [9.17, 15) is 8.42 Å². The van der Waals surface area contributed by atoms with Gasteiger partial charge in [0.2, 0.25) is 10.0 Å². The summed E-state index contributed by atoms with van der Waals surface area (Å²) in [6.07, 6.45) is 4.01. The number of rotatable bonds is 10. The number of nitrogens with zero attached hydrogens (tertiary/aromatic N) is 2. The van der Waals surface area contributed by atoms with Gasteiger partial charge in [0.25, 0.3) is 0 Å². The summed E-state index contributed by atoms with van der Waals surface area (Å²) in [7, 11) is -3.59. The number of hydrogen-bond donors (Lipinski definition) is 2. The number of anilines is 1. The maximum absolute atomic E-state index is 12.5. The Labute approximate surface area is 127 Å². The summed E-state index contributed by atoms with van der Waals surface area (Å²) in [5.41, 5.74) is 0. The first kappa shape index (κ1) is 17.9. The zero-order chi connectivity index (χ0) is 15.7. The predicted molar refractivity (Wildman–Crippen MR) is 83.8 cm³/mol. The molecule has 7 heteroatoms. The zero-order valence-electron chi connectivity index (χ0n) is 12.7. The molecule has 0 aliphatic heterocycles. The molecule has 6 nitrogen and oxygen atoms in total. The molecule has 0 radical (unpaired) electrons. The number of aromatic nitrogens is 1. The molecule has 1 heterocycles. The van der Waals surface area contributed by atoms with E-state index in [1.165, 1.54) is 10.5 Å². The van der Waals surface area contributed by atoms with Crippen LogP contribution in [0.25, 0.3) is 0 Å². The Balaban J connectivity index is 2.88. The van der Waals surface area contributed by atoms with E-state index < -0.39 is 10.0 Å². The van der Waals surface area contributed by atoms with Gasteiger partial charge in [-0.2, -0.15) is 4.31 Å². The Morgan fingerprint density at radius 2 is 2.00 bits per heavy atom. The smallest absolute Gasteiger partial charge is 0.244 e. The van der Waals surface area contributed by atoms with Crippen molar-refractivity contribution in [2.75, 3.05) is 31.6 Å². The van der Waals surface area contributed by atoms with Crippen molar-refractivity contribution in [2.24, 2.45) is 0 Å². The molecule has 2 N–H and O–H groups in total. The molecule has 0 saturated heterocycles. The van der Waals surface area contributed by atoms with Crippen molar-refractivity contribution in [3.05, 3.63) is 18.3 Å². The number of sulfonamides is 1. The Bertz CT molecular complexity index is 503. The topological polar surface area (TPSA) is 82.5 Å². The highest BCUT2D eigenvalue weighted by Crippen LogP contribution is 2.17.